The molecule has 0 atom stereocenters. The fourth-order valence-electron chi connectivity index (χ4n) is 1.92. The molecule has 1 aromatic carbocycles. The largest absolute Gasteiger partial charge is 0.496 e. The van der Waals surface area contributed by atoms with Gasteiger partial charge in [-0.1, -0.05) is 18.2 Å². The van der Waals surface area contributed by atoms with Gasteiger partial charge in [-0.15, -0.1) is 0 Å². The third-order valence-electron chi connectivity index (χ3n) is 2.94. The summed E-state index contributed by atoms with van der Waals surface area (Å²) in [5.74, 6) is 0.418. The van der Waals surface area contributed by atoms with Crippen LogP contribution in [0.5, 0.6) is 5.75 Å². The summed E-state index contributed by atoms with van der Waals surface area (Å²) in [6.07, 6.45) is 2.13. The molecule has 1 amide bonds. The third kappa shape index (κ3) is 3.26. The minimum Gasteiger partial charge on any atom is -0.496 e. The molecule has 0 bridgehead atoms. The molecule has 0 aliphatic rings. The van der Waals surface area contributed by atoms with Gasteiger partial charge >= 0.3 is 0 Å². The van der Waals surface area contributed by atoms with Gasteiger partial charge in [-0.2, -0.15) is 0 Å². The summed E-state index contributed by atoms with van der Waals surface area (Å²) >= 11 is 0. The molecule has 0 saturated carbocycles. The maximum absolute atomic E-state index is 11.8. The highest BCUT2D eigenvalue weighted by molar-refractivity contribution is 5.93. The lowest BCUT2D eigenvalue weighted by Crippen LogP contribution is -2.30. The Hall–Kier alpha value is -2.56. The average molecular weight is 272 g/mol. The number of hydrogen-bond acceptors (Lipinski definition) is 3. The predicted molar refractivity (Wildman–Crippen MR) is 76.1 cm³/mol. The van der Waals surface area contributed by atoms with Crippen molar-refractivity contribution in [1.29, 1.82) is 0 Å². The van der Waals surface area contributed by atoms with Gasteiger partial charge in [0, 0.05) is 12.7 Å². The third-order valence-corrected chi connectivity index (χ3v) is 2.94. The lowest BCUT2D eigenvalue weighted by molar-refractivity contribution is 0.0952. The average Bonchev–Trinajstić information content (AvgIpc) is 2.48. The van der Waals surface area contributed by atoms with Crippen LogP contribution < -0.4 is 15.6 Å². The van der Waals surface area contributed by atoms with Gasteiger partial charge in [0.05, 0.1) is 7.11 Å². The van der Waals surface area contributed by atoms with E-state index in [0.29, 0.717) is 13.0 Å². The lowest BCUT2D eigenvalue weighted by atomic mass is 10.1. The number of rotatable bonds is 5. The van der Waals surface area contributed by atoms with Crippen LogP contribution in [0, 0.1) is 0 Å². The fourth-order valence-corrected chi connectivity index (χ4v) is 1.92. The van der Waals surface area contributed by atoms with Gasteiger partial charge in [0.1, 0.15) is 11.3 Å². The smallest absolute Gasteiger partial charge is 0.260 e. The van der Waals surface area contributed by atoms with Gasteiger partial charge in [0.15, 0.2) is 0 Å². The zero-order chi connectivity index (χ0) is 14.4. The molecule has 0 aliphatic carbocycles. The van der Waals surface area contributed by atoms with Crippen LogP contribution in [0.25, 0.3) is 0 Å². The molecule has 104 valence electrons. The Bertz CT molecular complexity index is 649. The van der Waals surface area contributed by atoms with E-state index < -0.39 is 0 Å². The van der Waals surface area contributed by atoms with Crippen molar-refractivity contribution in [2.45, 2.75) is 6.42 Å². The molecule has 2 rings (SSSR count). The van der Waals surface area contributed by atoms with E-state index in [2.05, 4.69) is 10.3 Å². The van der Waals surface area contributed by atoms with E-state index in [4.69, 9.17) is 4.74 Å². The van der Waals surface area contributed by atoms with Crippen molar-refractivity contribution in [2.75, 3.05) is 13.7 Å². The van der Waals surface area contributed by atoms with E-state index in [0.717, 1.165) is 11.3 Å². The first-order chi connectivity index (χ1) is 9.72. The number of ether oxygens (including phenoxy) is 1. The van der Waals surface area contributed by atoms with Crippen molar-refractivity contribution in [3.05, 3.63) is 64.1 Å². The summed E-state index contributed by atoms with van der Waals surface area (Å²) in [6, 6.07) is 10.7. The highest BCUT2D eigenvalue weighted by atomic mass is 16.5. The maximum Gasteiger partial charge on any atom is 0.260 e. The minimum atomic E-state index is -0.387. The highest BCUT2D eigenvalue weighted by Gasteiger charge is 2.09. The summed E-state index contributed by atoms with van der Waals surface area (Å²) in [5.41, 5.74) is 0.743. The van der Waals surface area contributed by atoms with Crippen molar-refractivity contribution in [2.24, 2.45) is 0 Å². The summed E-state index contributed by atoms with van der Waals surface area (Å²) in [7, 11) is 1.61. The monoisotopic (exact) mass is 272 g/mol. The zero-order valence-electron chi connectivity index (χ0n) is 11.2. The van der Waals surface area contributed by atoms with Crippen molar-refractivity contribution in [3.63, 3.8) is 0 Å². The molecule has 0 fully saturated rings. The number of carbonyl (C=O) groups is 1. The number of carbonyl (C=O) groups excluding carboxylic acids is 1. The predicted octanol–water partition coefficient (Wildman–Crippen LogP) is 1.36. The van der Waals surface area contributed by atoms with Crippen LogP contribution in [0.4, 0.5) is 0 Å². The number of nitrogens with one attached hydrogen (secondary N) is 2. The number of para-hydroxylation sites is 1. The molecule has 0 aliphatic heterocycles. The molecule has 0 spiro atoms. The maximum atomic E-state index is 11.8. The van der Waals surface area contributed by atoms with Crippen LogP contribution in [-0.4, -0.2) is 24.5 Å². The topological polar surface area (TPSA) is 71.2 Å². The van der Waals surface area contributed by atoms with Crippen molar-refractivity contribution in [3.8, 4) is 5.75 Å². The van der Waals surface area contributed by atoms with Gasteiger partial charge in [0.25, 0.3) is 11.5 Å². The zero-order valence-corrected chi connectivity index (χ0v) is 11.2. The fraction of sp³-hybridized carbons (Fsp3) is 0.200. The Labute approximate surface area is 116 Å². The Kier molecular flexibility index (Phi) is 4.55. The van der Waals surface area contributed by atoms with Crippen molar-refractivity contribution in [1.82, 2.24) is 10.3 Å². The second kappa shape index (κ2) is 6.56. The first-order valence-corrected chi connectivity index (χ1v) is 6.30. The Morgan fingerprint density at radius 3 is 2.80 bits per heavy atom. The molecule has 5 heteroatoms. The molecule has 2 aromatic rings. The number of amides is 1. The van der Waals surface area contributed by atoms with Gasteiger partial charge < -0.3 is 15.0 Å². The van der Waals surface area contributed by atoms with E-state index in [9.17, 15) is 9.59 Å². The Morgan fingerprint density at radius 1 is 1.25 bits per heavy atom. The molecule has 0 saturated heterocycles. The van der Waals surface area contributed by atoms with E-state index in [1.807, 2.05) is 24.3 Å². The van der Waals surface area contributed by atoms with E-state index in [-0.39, 0.29) is 17.0 Å². The van der Waals surface area contributed by atoms with E-state index in [1.165, 1.54) is 12.3 Å². The van der Waals surface area contributed by atoms with Crippen molar-refractivity contribution < 1.29 is 9.53 Å². The summed E-state index contributed by atoms with van der Waals surface area (Å²) in [5, 5.41) is 2.73. The molecule has 1 aromatic heterocycles. The van der Waals surface area contributed by atoms with Crippen LogP contribution in [0.15, 0.2) is 47.4 Å². The minimum absolute atomic E-state index is 0.118. The van der Waals surface area contributed by atoms with E-state index in [1.54, 1.807) is 13.2 Å². The normalized spacial score (nSPS) is 10.1. The van der Waals surface area contributed by atoms with Crippen LogP contribution in [0.2, 0.25) is 0 Å². The van der Waals surface area contributed by atoms with Crippen LogP contribution in [0.3, 0.4) is 0 Å². The first-order valence-electron chi connectivity index (χ1n) is 6.30. The van der Waals surface area contributed by atoms with Gasteiger partial charge in [0.2, 0.25) is 0 Å². The number of benzene rings is 1. The summed E-state index contributed by atoms with van der Waals surface area (Å²) < 4.78 is 5.24. The molecular formula is C15H16N2O3. The standard InChI is InChI=1S/C15H16N2O3/c1-20-13-7-3-2-5-11(13)8-10-17-15(19)12-6-4-9-16-14(12)18/h2-7,9H,8,10H2,1H3,(H,16,18)(H,17,19). The van der Waals surface area contributed by atoms with Gasteiger partial charge in [-0.05, 0) is 30.2 Å². The number of aromatic amines is 1. The first kappa shape index (κ1) is 13.9. The lowest BCUT2D eigenvalue weighted by Gasteiger charge is -2.08. The molecule has 5 nitrogen and oxygen atoms in total. The van der Waals surface area contributed by atoms with E-state index >= 15 is 0 Å². The van der Waals surface area contributed by atoms with Gasteiger partial charge in [-0.25, -0.2) is 0 Å². The molecule has 0 unspecified atom stereocenters. The Morgan fingerprint density at radius 2 is 2.05 bits per heavy atom. The second-order valence-corrected chi connectivity index (χ2v) is 4.23. The van der Waals surface area contributed by atoms with Gasteiger partial charge in [-0.3, -0.25) is 9.59 Å². The molecule has 0 radical (unpaired) electrons. The SMILES string of the molecule is COc1ccccc1CCNC(=O)c1ccc[nH]c1=O. The number of hydrogen-bond donors (Lipinski definition) is 2. The van der Waals surface area contributed by atoms with Crippen LogP contribution in [-0.2, 0) is 6.42 Å². The number of aromatic nitrogens is 1. The summed E-state index contributed by atoms with van der Waals surface area (Å²) in [6.45, 7) is 0.438. The molecule has 1 heterocycles. The quantitative estimate of drug-likeness (QED) is 0.863. The summed E-state index contributed by atoms with van der Waals surface area (Å²) in [4.78, 5) is 25.8. The van der Waals surface area contributed by atoms with Crippen molar-refractivity contribution >= 4 is 5.91 Å². The second-order valence-electron chi connectivity index (χ2n) is 4.23. The number of pyridine rings is 1. The number of methoxy groups -OCH3 is 1. The molecule has 20 heavy (non-hydrogen) atoms. The van der Waals surface area contributed by atoms with Crippen LogP contribution in [0.1, 0.15) is 15.9 Å². The molecule has 2 N–H and O–H groups in total. The Balaban J connectivity index is 1.95. The number of H-pyrrole nitrogens is 1. The molecular weight excluding hydrogens is 256 g/mol. The highest BCUT2D eigenvalue weighted by Crippen LogP contribution is 2.17. The van der Waals surface area contributed by atoms with Crippen LogP contribution >= 0.6 is 0 Å².